The number of ether oxygens (including phenoxy) is 2. The molecule has 1 unspecified atom stereocenters. The van der Waals surface area contributed by atoms with Crippen LogP contribution in [0.2, 0.25) is 0 Å². The van der Waals surface area contributed by atoms with Gasteiger partial charge in [-0.25, -0.2) is 0 Å². The SMILES string of the molecule is [2H]CC(=Cc1ccc2c(c1)OC([2H])O2)[N+](=O)[O-]. The summed E-state index contributed by atoms with van der Waals surface area (Å²) in [6.07, 6.45) is 1.30. The molecular formula is C10H9NO4. The molecule has 78 valence electrons. The molecule has 0 aliphatic carbocycles. The number of hydrogen-bond acceptors (Lipinski definition) is 4. The zero-order chi connectivity index (χ0) is 12.4. The fourth-order valence-electron chi connectivity index (χ4n) is 1.18. The van der Waals surface area contributed by atoms with E-state index in [0.29, 0.717) is 17.1 Å². The Bertz CT molecular complexity index is 489. The van der Waals surface area contributed by atoms with Crippen LogP contribution in [0.1, 0.15) is 15.2 Å². The van der Waals surface area contributed by atoms with Crippen LogP contribution in [-0.4, -0.2) is 11.7 Å². The summed E-state index contributed by atoms with van der Waals surface area (Å²) in [5.41, 5.74) is 0.340. The van der Waals surface area contributed by atoms with E-state index in [0.717, 1.165) is 0 Å². The van der Waals surface area contributed by atoms with Crippen molar-refractivity contribution in [3.8, 4) is 11.5 Å². The number of nitrogens with zero attached hydrogens (tertiary/aromatic N) is 1. The van der Waals surface area contributed by atoms with Gasteiger partial charge in [-0.2, -0.15) is 0 Å². The summed E-state index contributed by atoms with van der Waals surface area (Å²) in [4.78, 5) is 9.96. The summed E-state index contributed by atoms with van der Waals surface area (Å²) in [6, 6.07) is 4.74. The van der Waals surface area contributed by atoms with Crippen molar-refractivity contribution in [2.24, 2.45) is 0 Å². The molecular weight excluding hydrogens is 198 g/mol. The maximum atomic E-state index is 10.6. The summed E-state index contributed by atoms with van der Waals surface area (Å²) < 4.78 is 24.3. The van der Waals surface area contributed by atoms with Gasteiger partial charge in [0, 0.05) is 14.3 Å². The Hall–Kier alpha value is -2.04. The molecule has 1 aromatic carbocycles. The minimum absolute atomic E-state index is 0.203. The van der Waals surface area contributed by atoms with Crippen LogP contribution in [0.25, 0.3) is 6.08 Å². The van der Waals surface area contributed by atoms with Crippen molar-refractivity contribution in [2.75, 3.05) is 6.77 Å². The summed E-state index contributed by atoms with van der Waals surface area (Å²) >= 11 is 0. The predicted octanol–water partition coefficient (Wildman–Crippen LogP) is 2.05. The molecule has 0 saturated carbocycles. The summed E-state index contributed by atoms with van der Waals surface area (Å²) in [5.74, 6) is 0.821. The van der Waals surface area contributed by atoms with Gasteiger partial charge in [0.05, 0.1) is 4.92 Å². The van der Waals surface area contributed by atoms with Crippen LogP contribution >= 0.6 is 0 Å². The second kappa shape index (κ2) is 3.61. The highest BCUT2D eigenvalue weighted by Crippen LogP contribution is 2.32. The standard InChI is InChI=1S/C10H9NO4/c1-7(11(12)13)4-8-2-3-9-10(5-8)15-6-14-9/h2-5H,6H2,1H3/i1D,6D. The first-order valence-corrected chi connectivity index (χ1v) is 4.14. The fraction of sp³-hybridized carbons (Fsp3) is 0.200. The molecule has 0 saturated heterocycles. The van der Waals surface area contributed by atoms with Crippen LogP contribution in [0.5, 0.6) is 11.5 Å². The van der Waals surface area contributed by atoms with E-state index >= 15 is 0 Å². The predicted molar refractivity (Wildman–Crippen MR) is 53.2 cm³/mol. The molecule has 15 heavy (non-hydrogen) atoms. The molecule has 0 fully saturated rings. The van der Waals surface area contributed by atoms with Gasteiger partial charge in [-0.1, -0.05) is 6.07 Å². The van der Waals surface area contributed by atoms with Gasteiger partial charge >= 0.3 is 0 Å². The van der Waals surface area contributed by atoms with E-state index in [1.54, 1.807) is 18.2 Å². The molecule has 1 heterocycles. The average Bonchev–Trinajstić information content (AvgIpc) is 2.64. The molecule has 1 aromatic rings. The smallest absolute Gasteiger partial charge is 0.243 e. The third kappa shape index (κ3) is 1.90. The number of benzene rings is 1. The third-order valence-electron chi connectivity index (χ3n) is 1.89. The van der Waals surface area contributed by atoms with Crippen LogP contribution in [0, 0.1) is 10.1 Å². The molecule has 0 amide bonds. The lowest BCUT2D eigenvalue weighted by atomic mass is 10.2. The second-order valence-electron chi connectivity index (χ2n) is 2.93. The topological polar surface area (TPSA) is 61.6 Å². The normalized spacial score (nSPS) is 20.8. The molecule has 1 aliphatic rings. The van der Waals surface area contributed by atoms with Gasteiger partial charge in [-0.15, -0.1) is 0 Å². The summed E-state index contributed by atoms with van der Waals surface area (Å²) in [7, 11) is 0. The quantitative estimate of drug-likeness (QED) is 0.552. The minimum Gasteiger partial charge on any atom is -0.454 e. The Morgan fingerprint density at radius 2 is 2.47 bits per heavy atom. The molecule has 0 spiro atoms. The van der Waals surface area contributed by atoms with E-state index in [4.69, 9.17) is 12.2 Å². The summed E-state index contributed by atoms with van der Waals surface area (Å²) in [5, 5.41) is 10.6. The van der Waals surface area contributed by atoms with E-state index in [9.17, 15) is 10.1 Å². The summed E-state index contributed by atoms with van der Waals surface area (Å²) in [6.45, 7) is -1.49. The first kappa shape index (κ1) is 7.28. The van der Waals surface area contributed by atoms with Gasteiger partial charge in [0.2, 0.25) is 12.5 Å². The highest BCUT2D eigenvalue weighted by Gasteiger charge is 2.13. The molecule has 2 rings (SSSR count). The Balaban J connectivity index is 2.30. The highest BCUT2D eigenvalue weighted by molar-refractivity contribution is 5.57. The Labute approximate surface area is 88.9 Å². The lowest BCUT2D eigenvalue weighted by Crippen LogP contribution is -1.93. The third-order valence-corrected chi connectivity index (χ3v) is 1.89. The van der Waals surface area contributed by atoms with Crippen LogP contribution < -0.4 is 9.47 Å². The molecule has 0 aromatic heterocycles. The Morgan fingerprint density at radius 3 is 3.20 bits per heavy atom. The van der Waals surface area contributed by atoms with Crippen molar-refractivity contribution in [2.45, 2.75) is 6.90 Å². The van der Waals surface area contributed by atoms with Crippen molar-refractivity contribution >= 4 is 6.08 Å². The van der Waals surface area contributed by atoms with Crippen LogP contribution in [-0.2, 0) is 0 Å². The maximum absolute atomic E-state index is 10.6. The number of allylic oxidation sites excluding steroid dienone is 1. The van der Waals surface area contributed by atoms with Gasteiger partial charge in [-0.05, 0) is 17.7 Å². The van der Waals surface area contributed by atoms with Gasteiger partial charge in [-0.3, -0.25) is 10.1 Å². The van der Waals surface area contributed by atoms with Crippen molar-refractivity contribution < 1.29 is 17.1 Å². The second-order valence-corrected chi connectivity index (χ2v) is 2.93. The number of rotatable bonds is 2. The lowest BCUT2D eigenvalue weighted by molar-refractivity contribution is -0.422. The van der Waals surface area contributed by atoms with E-state index in [1.807, 2.05) is 0 Å². The zero-order valence-electron chi connectivity index (χ0n) is 9.67. The highest BCUT2D eigenvalue weighted by atomic mass is 16.7. The fourth-order valence-corrected chi connectivity index (χ4v) is 1.18. The van der Waals surface area contributed by atoms with Crippen LogP contribution in [0.3, 0.4) is 0 Å². The largest absolute Gasteiger partial charge is 0.454 e. The monoisotopic (exact) mass is 209 g/mol. The van der Waals surface area contributed by atoms with Gasteiger partial charge in [0.1, 0.15) is 1.37 Å². The first-order valence-electron chi connectivity index (χ1n) is 5.42. The Kier molecular flexibility index (Phi) is 1.75. The van der Waals surface area contributed by atoms with Crippen LogP contribution in [0.15, 0.2) is 23.9 Å². The van der Waals surface area contributed by atoms with E-state index in [-0.39, 0.29) is 5.70 Å². The number of hydrogen-bond donors (Lipinski definition) is 0. The van der Waals surface area contributed by atoms with Gasteiger partial charge in [0.25, 0.3) is 0 Å². The lowest BCUT2D eigenvalue weighted by Gasteiger charge is -1.97. The molecule has 1 aliphatic heterocycles. The number of nitro groups is 1. The van der Waals surface area contributed by atoms with Gasteiger partial charge in [0.15, 0.2) is 11.5 Å². The maximum Gasteiger partial charge on any atom is 0.243 e. The van der Waals surface area contributed by atoms with Crippen molar-refractivity contribution in [3.63, 3.8) is 0 Å². The average molecular weight is 209 g/mol. The van der Waals surface area contributed by atoms with Gasteiger partial charge < -0.3 is 9.47 Å². The van der Waals surface area contributed by atoms with E-state index in [1.165, 1.54) is 6.08 Å². The van der Waals surface area contributed by atoms with Crippen LogP contribution in [0.4, 0.5) is 0 Å². The number of fused-ring (bicyclic) bond motifs is 1. The first-order chi connectivity index (χ1) is 8.10. The van der Waals surface area contributed by atoms with Crippen molar-refractivity contribution in [3.05, 3.63) is 39.6 Å². The molecule has 5 heteroatoms. The Morgan fingerprint density at radius 1 is 1.67 bits per heavy atom. The molecule has 5 nitrogen and oxygen atoms in total. The van der Waals surface area contributed by atoms with E-state index in [2.05, 4.69) is 0 Å². The van der Waals surface area contributed by atoms with E-state index < -0.39 is 18.6 Å². The molecule has 0 bridgehead atoms. The minimum atomic E-state index is -1.09. The molecule has 0 radical (unpaired) electrons. The molecule has 1 atom stereocenters. The van der Waals surface area contributed by atoms with Crippen molar-refractivity contribution in [1.82, 2.24) is 0 Å². The van der Waals surface area contributed by atoms with Crippen molar-refractivity contribution in [1.29, 1.82) is 0 Å². The molecule has 0 N–H and O–H groups in total. The zero-order valence-corrected chi connectivity index (χ0v) is 7.67.